The van der Waals surface area contributed by atoms with Crippen molar-refractivity contribution in [1.82, 2.24) is 0 Å². The smallest absolute Gasteiger partial charge is 0.287 e. The molecule has 0 aliphatic carbocycles. The molecule has 0 aliphatic rings. The molecular formula is C13H8BrCl2NO3. The fourth-order valence-corrected chi connectivity index (χ4v) is 2.45. The molecule has 20 heavy (non-hydrogen) atoms. The molecule has 0 radical (unpaired) electrons. The number of hydrogen-bond acceptors (Lipinski definition) is 3. The fraction of sp³-hybridized carbons (Fsp3) is 0.0769. The first-order valence-electron chi connectivity index (χ1n) is 5.48. The molecule has 0 bridgehead atoms. The Balaban J connectivity index is 2.35. The molecule has 2 aromatic carbocycles. The molecule has 0 heterocycles. The third-order valence-electron chi connectivity index (χ3n) is 2.51. The summed E-state index contributed by atoms with van der Waals surface area (Å²) in [6.07, 6.45) is 0. The second-order valence-electron chi connectivity index (χ2n) is 3.85. The summed E-state index contributed by atoms with van der Waals surface area (Å²) < 4.78 is 5.87. The summed E-state index contributed by atoms with van der Waals surface area (Å²) in [5, 5.41) is 11.2. The molecule has 0 saturated carbocycles. The molecule has 0 fully saturated rings. The fourth-order valence-electron chi connectivity index (χ4n) is 1.55. The van der Waals surface area contributed by atoms with Crippen LogP contribution in [0.2, 0.25) is 5.02 Å². The number of hydrogen-bond donors (Lipinski definition) is 0. The van der Waals surface area contributed by atoms with E-state index in [2.05, 4.69) is 15.9 Å². The maximum absolute atomic E-state index is 10.9. The van der Waals surface area contributed by atoms with Gasteiger partial charge in [0, 0.05) is 11.9 Å². The van der Waals surface area contributed by atoms with Crippen molar-refractivity contribution in [2.24, 2.45) is 0 Å². The quantitative estimate of drug-likeness (QED) is 0.399. The van der Waals surface area contributed by atoms with Crippen LogP contribution in [0, 0.1) is 10.1 Å². The van der Waals surface area contributed by atoms with Crippen LogP contribution in [0.15, 0.2) is 40.9 Å². The van der Waals surface area contributed by atoms with Crippen molar-refractivity contribution < 1.29 is 9.66 Å². The molecule has 2 rings (SSSR count). The summed E-state index contributed by atoms with van der Waals surface area (Å²) in [7, 11) is 0. The van der Waals surface area contributed by atoms with Crippen LogP contribution >= 0.6 is 39.1 Å². The van der Waals surface area contributed by atoms with Crippen molar-refractivity contribution in [2.75, 3.05) is 0 Å². The highest BCUT2D eigenvalue weighted by Gasteiger charge is 2.17. The minimum Gasteiger partial charge on any atom is -0.454 e. The van der Waals surface area contributed by atoms with E-state index in [1.165, 1.54) is 6.07 Å². The van der Waals surface area contributed by atoms with Gasteiger partial charge in [0.15, 0.2) is 0 Å². The summed E-state index contributed by atoms with van der Waals surface area (Å²) in [5.74, 6) is 1.07. The Kier molecular flexibility index (Phi) is 4.86. The van der Waals surface area contributed by atoms with E-state index in [4.69, 9.17) is 27.9 Å². The van der Waals surface area contributed by atoms with Gasteiger partial charge in [0.25, 0.3) is 5.69 Å². The Labute approximate surface area is 133 Å². The molecule has 0 aromatic heterocycles. The van der Waals surface area contributed by atoms with Gasteiger partial charge in [0.05, 0.1) is 9.95 Å². The minimum absolute atomic E-state index is 0.0731. The Bertz CT molecular complexity index is 664. The molecule has 0 aliphatic heterocycles. The number of rotatable bonds is 4. The van der Waals surface area contributed by atoms with Crippen LogP contribution in [0.25, 0.3) is 0 Å². The number of nitrogens with zero attached hydrogens (tertiary/aromatic N) is 1. The van der Waals surface area contributed by atoms with Gasteiger partial charge in [0.2, 0.25) is 0 Å². The van der Waals surface area contributed by atoms with Gasteiger partial charge < -0.3 is 4.74 Å². The number of benzene rings is 2. The number of halogens is 3. The zero-order valence-electron chi connectivity index (χ0n) is 9.98. The van der Waals surface area contributed by atoms with Crippen LogP contribution in [-0.4, -0.2) is 4.92 Å². The maximum atomic E-state index is 10.9. The standard InChI is InChI=1S/C13H8BrCl2NO3/c14-13-10(17(18)19)2-1-3-12(13)20-11-5-4-8(7-15)6-9(11)16/h1-6H,7H2. The third kappa shape index (κ3) is 3.23. The molecule has 4 nitrogen and oxygen atoms in total. The van der Waals surface area contributed by atoms with E-state index in [1.807, 2.05) is 0 Å². The van der Waals surface area contributed by atoms with Crippen LogP contribution in [0.4, 0.5) is 5.69 Å². The summed E-state index contributed by atoms with van der Waals surface area (Å²) in [4.78, 5) is 10.4. The predicted octanol–water partition coefficient (Wildman–Crippen LogP) is 5.54. The topological polar surface area (TPSA) is 52.4 Å². The lowest BCUT2D eigenvalue weighted by atomic mass is 10.2. The van der Waals surface area contributed by atoms with E-state index >= 15 is 0 Å². The van der Waals surface area contributed by atoms with Gasteiger partial charge >= 0.3 is 0 Å². The lowest BCUT2D eigenvalue weighted by molar-refractivity contribution is -0.385. The average molecular weight is 377 g/mol. The molecule has 0 unspecified atom stereocenters. The molecule has 0 spiro atoms. The lowest BCUT2D eigenvalue weighted by Gasteiger charge is -2.10. The Morgan fingerprint density at radius 2 is 2.00 bits per heavy atom. The summed E-state index contributed by atoms with van der Waals surface area (Å²) >= 11 is 15.0. The predicted molar refractivity (Wildman–Crippen MR) is 81.9 cm³/mol. The minimum atomic E-state index is -0.491. The van der Waals surface area contributed by atoms with Crippen LogP contribution in [0.3, 0.4) is 0 Å². The number of alkyl halides is 1. The zero-order chi connectivity index (χ0) is 14.7. The Morgan fingerprint density at radius 1 is 1.25 bits per heavy atom. The monoisotopic (exact) mass is 375 g/mol. The van der Waals surface area contributed by atoms with Crippen molar-refractivity contribution >= 4 is 44.8 Å². The van der Waals surface area contributed by atoms with Gasteiger partial charge in [0.1, 0.15) is 16.0 Å². The molecule has 104 valence electrons. The van der Waals surface area contributed by atoms with Gasteiger partial charge in [-0.05, 0) is 39.7 Å². The van der Waals surface area contributed by atoms with Gasteiger partial charge in [-0.25, -0.2) is 0 Å². The van der Waals surface area contributed by atoms with E-state index in [-0.39, 0.29) is 10.2 Å². The van der Waals surface area contributed by atoms with Gasteiger partial charge in [-0.1, -0.05) is 23.7 Å². The van der Waals surface area contributed by atoms with E-state index in [9.17, 15) is 10.1 Å². The Morgan fingerprint density at radius 3 is 2.60 bits per heavy atom. The molecule has 7 heteroatoms. The van der Waals surface area contributed by atoms with Crippen molar-refractivity contribution in [3.8, 4) is 11.5 Å². The van der Waals surface area contributed by atoms with Crippen molar-refractivity contribution in [3.05, 3.63) is 61.6 Å². The highest BCUT2D eigenvalue weighted by Crippen LogP contribution is 2.38. The third-order valence-corrected chi connectivity index (χ3v) is 3.91. The Hall–Kier alpha value is -1.30. The van der Waals surface area contributed by atoms with Crippen molar-refractivity contribution in [2.45, 2.75) is 5.88 Å². The summed E-state index contributed by atoms with van der Waals surface area (Å²) in [6.45, 7) is 0. The van der Waals surface area contributed by atoms with Gasteiger partial charge in [-0.2, -0.15) is 0 Å². The molecule has 0 saturated heterocycles. The first-order valence-corrected chi connectivity index (χ1v) is 7.18. The molecular weight excluding hydrogens is 369 g/mol. The average Bonchev–Trinajstić information content (AvgIpc) is 2.42. The molecule has 0 N–H and O–H groups in total. The number of ether oxygens (including phenoxy) is 1. The van der Waals surface area contributed by atoms with Crippen molar-refractivity contribution in [1.29, 1.82) is 0 Å². The van der Waals surface area contributed by atoms with Crippen molar-refractivity contribution in [3.63, 3.8) is 0 Å². The normalized spacial score (nSPS) is 10.3. The van der Waals surface area contributed by atoms with Gasteiger partial charge in [-0.15, -0.1) is 11.6 Å². The van der Waals surface area contributed by atoms with Crippen LogP contribution < -0.4 is 4.74 Å². The van der Waals surface area contributed by atoms with E-state index in [0.717, 1.165) is 5.56 Å². The molecule has 0 atom stereocenters. The van der Waals surface area contributed by atoms with Crippen LogP contribution in [0.5, 0.6) is 11.5 Å². The largest absolute Gasteiger partial charge is 0.454 e. The number of nitro benzene ring substituents is 1. The molecule has 2 aromatic rings. The summed E-state index contributed by atoms with van der Waals surface area (Å²) in [5.41, 5.74) is 0.790. The SMILES string of the molecule is O=[N+]([O-])c1cccc(Oc2ccc(CCl)cc2Cl)c1Br. The second kappa shape index (κ2) is 6.43. The van der Waals surface area contributed by atoms with E-state index < -0.39 is 4.92 Å². The van der Waals surface area contributed by atoms with Crippen LogP contribution in [0.1, 0.15) is 5.56 Å². The van der Waals surface area contributed by atoms with E-state index in [0.29, 0.717) is 22.4 Å². The zero-order valence-corrected chi connectivity index (χ0v) is 13.1. The van der Waals surface area contributed by atoms with Crippen LogP contribution in [-0.2, 0) is 5.88 Å². The van der Waals surface area contributed by atoms with Gasteiger partial charge in [-0.3, -0.25) is 10.1 Å². The first-order chi connectivity index (χ1) is 9.52. The highest BCUT2D eigenvalue weighted by atomic mass is 79.9. The number of nitro groups is 1. The van der Waals surface area contributed by atoms with E-state index in [1.54, 1.807) is 30.3 Å². The second-order valence-corrected chi connectivity index (χ2v) is 5.31. The highest BCUT2D eigenvalue weighted by molar-refractivity contribution is 9.10. The lowest BCUT2D eigenvalue weighted by Crippen LogP contribution is -1.93. The summed E-state index contributed by atoms with van der Waals surface area (Å²) in [6, 6.07) is 9.68. The first kappa shape index (κ1) is 15.1. The molecule has 0 amide bonds. The maximum Gasteiger partial charge on any atom is 0.287 e.